The fraction of sp³-hybridized carbons (Fsp3) is 0.0769. The number of carbonyl (C=O) groups excluding carboxylic acids is 1. The van der Waals surface area contributed by atoms with Crippen LogP contribution in [0.1, 0.15) is 10.5 Å². The summed E-state index contributed by atoms with van der Waals surface area (Å²) in [5.74, 6) is 0.0546. The van der Waals surface area contributed by atoms with Crippen molar-refractivity contribution in [2.45, 2.75) is 0 Å². The SMILES string of the molecule is N#CCOc1cccc(NC(=O)c2cncc(Cl)n2)c1. The molecule has 7 heteroatoms. The minimum atomic E-state index is -0.433. The van der Waals surface area contributed by atoms with Crippen LogP contribution in [0.25, 0.3) is 0 Å². The molecule has 0 saturated heterocycles. The molecular weight excluding hydrogens is 280 g/mol. The molecule has 1 N–H and O–H groups in total. The van der Waals surface area contributed by atoms with E-state index in [9.17, 15) is 4.79 Å². The first-order valence-electron chi connectivity index (χ1n) is 5.58. The van der Waals surface area contributed by atoms with Crippen molar-refractivity contribution in [3.8, 4) is 11.8 Å². The lowest BCUT2D eigenvalue weighted by Crippen LogP contribution is -2.14. The van der Waals surface area contributed by atoms with Crippen molar-refractivity contribution < 1.29 is 9.53 Å². The van der Waals surface area contributed by atoms with Crippen molar-refractivity contribution >= 4 is 23.2 Å². The molecule has 1 heterocycles. The third-order valence-corrected chi connectivity index (χ3v) is 2.42. The molecule has 1 aromatic heterocycles. The average Bonchev–Trinajstić information content (AvgIpc) is 2.45. The van der Waals surface area contributed by atoms with E-state index in [4.69, 9.17) is 21.6 Å². The zero-order valence-corrected chi connectivity index (χ0v) is 11.0. The van der Waals surface area contributed by atoms with Gasteiger partial charge in [-0.25, -0.2) is 4.98 Å². The molecule has 0 saturated carbocycles. The Morgan fingerprint density at radius 3 is 3.05 bits per heavy atom. The molecule has 1 aromatic carbocycles. The molecule has 0 radical (unpaired) electrons. The van der Waals surface area contributed by atoms with Gasteiger partial charge in [-0.1, -0.05) is 17.7 Å². The van der Waals surface area contributed by atoms with Crippen LogP contribution < -0.4 is 10.1 Å². The van der Waals surface area contributed by atoms with E-state index in [1.54, 1.807) is 24.3 Å². The predicted molar refractivity (Wildman–Crippen MR) is 72.5 cm³/mol. The number of hydrogen-bond donors (Lipinski definition) is 1. The van der Waals surface area contributed by atoms with Crippen LogP contribution in [-0.2, 0) is 0 Å². The number of benzene rings is 1. The number of nitriles is 1. The molecule has 6 nitrogen and oxygen atoms in total. The van der Waals surface area contributed by atoms with Gasteiger partial charge in [0.2, 0.25) is 0 Å². The molecule has 2 rings (SSSR count). The van der Waals surface area contributed by atoms with E-state index < -0.39 is 5.91 Å². The highest BCUT2D eigenvalue weighted by atomic mass is 35.5. The Morgan fingerprint density at radius 1 is 1.45 bits per heavy atom. The molecule has 0 bridgehead atoms. The number of carbonyl (C=O) groups is 1. The van der Waals surface area contributed by atoms with Crippen LogP contribution in [0.2, 0.25) is 5.15 Å². The van der Waals surface area contributed by atoms with Crippen molar-refractivity contribution in [1.29, 1.82) is 5.26 Å². The van der Waals surface area contributed by atoms with E-state index in [-0.39, 0.29) is 17.5 Å². The fourth-order valence-corrected chi connectivity index (χ4v) is 1.57. The van der Waals surface area contributed by atoms with Gasteiger partial charge in [0.1, 0.15) is 22.7 Å². The van der Waals surface area contributed by atoms with Crippen molar-refractivity contribution in [3.63, 3.8) is 0 Å². The lowest BCUT2D eigenvalue weighted by atomic mass is 10.3. The molecule has 0 aliphatic rings. The van der Waals surface area contributed by atoms with Crippen LogP contribution in [-0.4, -0.2) is 22.5 Å². The lowest BCUT2D eigenvalue weighted by Gasteiger charge is -2.07. The van der Waals surface area contributed by atoms with Gasteiger partial charge >= 0.3 is 0 Å². The summed E-state index contributed by atoms with van der Waals surface area (Å²) in [6, 6.07) is 8.55. The van der Waals surface area contributed by atoms with E-state index in [0.717, 1.165) is 0 Å². The maximum absolute atomic E-state index is 11.9. The largest absolute Gasteiger partial charge is 0.479 e. The Bertz CT molecular complexity index is 669. The highest BCUT2D eigenvalue weighted by Crippen LogP contribution is 2.17. The minimum Gasteiger partial charge on any atom is -0.479 e. The first kappa shape index (κ1) is 13.8. The van der Waals surface area contributed by atoms with Crippen LogP contribution in [0.3, 0.4) is 0 Å². The monoisotopic (exact) mass is 288 g/mol. The van der Waals surface area contributed by atoms with Crippen LogP contribution in [0.4, 0.5) is 5.69 Å². The Morgan fingerprint density at radius 2 is 2.30 bits per heavy atom. The van der Waals surface area contributed by atoms with Gasteiger partial charge in [0, 0.05) is 11.8 Å². The van der Waals surface area contributed by atoms with Crippen LogP contribution in [0.15, 0.2) is 36.7 Å². The van der Waals surface area contributed by atoms with E-state index in [2.05, 4.69) is 15.3 Å². The fourth-order valence-electron chi connectivity index (χ4n) is 1.43. The smallest absolute Gasteiger partial charge is 0.275 e. The summed E-state index contributed by atoms with van der Waals surface area (Å²) in [7, 11) is 0. The lowest BCUT2D eigenvalue weighted by molar-refractivity contribution is 0.102. The third-order valence-electron chi connectivity index (χ3n) is 2.23. The van der Waals surface area contributed by atoms with Crippen molar-refractivity contribution in [1.82, 2.24) is 9.97 Å². The number of nitrogens with zero attached hydrogens (tertiary/aromatic N) is 3. The van der Waals surface area contributed by atoms with Gasteiger partial charge < -0.3 is 10.1 Å². The number of nitrogens with one attached hydrogen (secondary N) is 1. The number of hydrogen-bond acceptors (Lipinski definition) is 5. The van der Waals surface area contributed by atoms with Gasteiger partial charge in [-0.05, 0) is 12.1 Å². The predicted octanol–water partition coefficient (Wildman–Crippen LogP) is 2.28. The Hall–Kier alpha value is -2.65. The Balaban J connectivity index is 2.10. The number of ether oxygens (including phenoxy) is 1. The summed E-state index contributed by atoms with van der Waals surface area (Å²) in [6.45, 7) is -0.0584. The van der Waals surface area contributed by atoms with E-state index >= 15 is 0 Å². The molecule has 0 spiro atoms. The van der Waals surface area contributed by atoms with E-state index in [1.165, 1.54) is 12.4 Å². The maximum Gasteiger partial charge on any atom is 0.275 e. The second-order valence-electron chi connectivity index (χ2n) is 3.66. The summed E-state index contributed by atoms with van der Waals surface area (Å²) in [6.07, 6.45) is 2.66. The van der Waals surface area contributed by atoms with Gasteiger partial charge in [-0.3, -0.25) is 9.78 Å². The average molecular weight is 289 g/mol. The number of halogens is 1. The molecule has 100 valence electrons. The molecule has 0 atom stereocenters. The van der Waals surface area contributed by atoms with Gasteiger partial charge in [0.25, 0.3) is 5.91 Å². The second-order valence-corrected chi connectivity index (χ2v) is 4.04. The highest BCUT2D eigenvalue weighted by molar-refractivity contribution is 6.29. The van der Waals surface area contributed by atoms with Gasteiger partial charge in [0.05, 0.1) is 12.4 Å². The summed E-state index contributed by atoms with van der Waals surface area (Å²) >= 11 is 5.67. The van der Waals surface area contributed by atoms with Crippen molar-refractivity contribution in [3.05, 3.63) is 47.5 Å². The summed E-state index contributed by atoms with van der Waals surface area (Å²) in [5, 5.41) is 11.2. The minimum absolute atomic E-state index is 0.0584. The van der Waals surface area contributed by atoms with Crippen LogP contribution >= 0.6 is 11.6 Å². The van der Waals surface area contributed by atoms with Crippen LogP contribution in [0, 0.1) is 11.3 Å². The second kappa shape index (κ2) is 6.50. The first-order valence-corrected chi connectivity index (χ1v) is 5.95. The number of amides is 1. The molecule has 0 aliphatic carbocycles. The van der Waals surface area contributed by atoms with E-state index in [0.29, 0.717) is 11.4 Å². The Labute approximate surface area is 120 Å². The van der Waals surface area contributed by atoms with E-state index in [1.807, 2.05) is 6.07 Å². The number of rotatable bonds is 4. The normalized spacial score (nSPS) is 9.60. The standard InChI is InChI=1S/C13H9ClN4O2/c14-12-8-16-7-11(18-12)13(19)17-9-2-1-3-10(6-9)20-5-4-15/h1-3,6-8H,5H2,(H,17,19). The van der Waals surface area contributed by atoms with Gasteiger partial charge in [0.15, 0.2) is 6.61 Å². The Kier molecular flexibility index (Phi) is 4.47. The first-order chi connectivity index (χ1) is 9.69. The zero-order chi connectivity index (χ0) is 14.4. The summed E-state index contributed by atoms with van der Waals surface area (Å²) < 4.78 is 5.14. The molecular formula is C13H9ClN4O2. The quantitative estimate of drug-likeness (QED) is 0.932. The molecule has 20 heavy (non-hydrogen) atoms. The molecule has 1 amide bonds. The number of aromatic nitrogens is 2. The molecule has 0 fully saturated rings. The van der Waals surface area contributed by atoms with Gasteiger partial charge in [-0.15, -0.1) is 0 Å². The maximum atomic E-state index is 11.9. The third kappa shape index (κ3) is 3.67. The van der Waals surface area contributed by atoms with Crippen LogP contribution in [0.5, 0.6) is 5.75 Å². The van der Waals surface area contributed by atoms with Crippen molar-refractivity contribution in [2.24, 2.45) is 0 Å². The zero-order valence-electron chi connectivity index (χ0n) is 10.2. The van der Waals surface area contributed by atoms with Crippen molar-refractivity contribution in [2.75, 3.05) is 11.9 Å². The summed E-state index contributed by atoms with van der Waals surface area (Å²) in [5.41, 5.74) is 0.632. The summed E-state index contributed by atoms with van der Waals surface area (Å²) in [4.78, 5) is 19.6. The molecule has 0 aliphatic heterocycles. The topological polar surface area (TPSA) is 87.9 Å². The number of anilines is 1. The molecule has 2 aromatic rings. The molecule has 0 unspecified atom stereocenters. The highest BCUT2D eigenvalue weighted by Gasteiger charge is 2.09. The van der Waals surface area contributed by atoms with Gasteiger partial charge in [-0.2, -0.15) is 5.26 Å².